The lowest BCUT2D eigenvalue weighted by Gasteiger charge is -2.47. The van der Waals surface area contributed by atoms with Crippen LogP contribution in [0.1, 0.15) is 47.6 Å². The van der Waals surface area contributed by atoms with E-state index in [0.29, 0.717) is 36.3 Å². The van der Waals surface area contributed by atoms with Gasteiger partial charge in [0.05, 0.1) is 34.9 Å². The maximum atomic E-state index is 15.3. The second-order valence-electron chi connectivity index (χ2n) is 9.56. The van der Waals surface area contributed by atoms with Crippen molar-refractivity contribution in [3.8, 4) is 29.3 Å². The molecule has 1 heterocycles. The van der Waals surface area contributed by atoms with Gasteiger partial charge in [-0.2, -0.15) is 15.8 Å². The first-order valence-electron chi connectivity index (χ1n) is 11.4. The molecule has 0 spiro atoms. The van der Waals surface area contributed by atoms with E-state index in [1.165, 1.54) is 19.9 Å². The standard InChI is InChI=1S/C29H24F2N4/c1-29(2,31)28(24-9-21(15-34)10-26(30)12-24)25-17-35(18-25)16-23-7-6-20(14-33)11-27(23)22-5-3-4-19(8-22)13-32/h3-12,25,28H,16-18H2,1-2H3/t28-/m0/s1. The second-order valence-corrected chi connectivity index (χ2v) is 9.56. The molecule has 0 aromatic heterocycles. The van der Waals surface area contributed by atoms with Gasteiger partial charge in [0, 0.05) is 25.6 Å². The van der Waals surface area contributed by atoms with E-state index < -0.39 is 17.4 Å². The Hall–Kier alpha value is -4.05. The molecule has 0 aliphatic carbocycles. The highest BCUT2D eigenvalue weighted by Gasteiger charge is 2.43. The molecule has 3 aromatic rings. The molecule has 0 saturated carbocycles. The highest BCUT2D eigenvalue weighted by molar-refractivity contribution is 5.70. The first kappa shape index (κ1) is 24.1. The van der Waals surface area contributed by atoms with E-state index in [4.69, 9.17) is 0 Å². The van der Waals surface area contributed by atoms with Crippen LogP contribution in [-0.4, -0.2) is 23.7 Å². The zero-order chi connectivity index (χ0) is 25.2. The van der Waals surface area contributed by atoms with Crippen LogP contribution in [0.5, 0.6) is 0 Å². The van der Waals surface area contributed by atoms with Gasteiger partial charge in [-0.15, -0.1) is 0 Å². The number of benzene rings is 3. The Labute approximate surface area is 204 Å². The third-order valence-electron chi connectivity index (χ3n) is 6.54. The molecule has 174 valence electrons. The molecule has 1 aliphatic heterocycles. The summed E-state index contributed by atoms with van der Waals surface area (Å²) in [5.74, 6) is -1.12. The minimum absolute atomic E-state index is 0.0351. The molecule has 6 heteroatoms. The molecule has 35 heavy (non-hydrogen) atoms. The first-order valence-corrected chi connectivity index (χ1v) is 11.4. The lowest BCUT2D eigenvalue weighted by atomic mass is 9.72. The molecule has 0 amide bonds. The Morgan fingerprint density at radius 1 is 0.914 bits per heavy atom. The fourth-order valence-electron chi connectivity index (χ4n) is 5.08. The number of hydrogen-bond donors (Lipinski definition) is 0. The molecule has 1 atom stereocenters. The predicted octanol–water partition coefficient (Wildman–Crippen LogP) is 6.07. The maximum absolute atomic E-state index is 15.3. The maximum Gasteiger partial charge on any atom is 0.124 e. The van der Waals surface area contributed by atoms with Crippen molar-refractivity contribution in [1.29, 1.82) is 15.8 Å². The minimum Gasteiger partial charge on any atom is -0.298 e. The van der Waals surface area contributed by atoms with Crippen LogP contribution < -0.4 is 0 Å². The monoisotopic (exact) mass is 466 g/mol. The molecule has 4 rings (SSSR count). The van der Waals surface area contributed by atoms with Crippen molar-refractivity contribution in [3.63, 3.8) is 0 Å². The molecule has 0 N–H and O–H groups in total. The summed E-state index contributed by atoms with van der Waals surface area (Å²) in [6.45, 7) is 4.83. The summed E-state index contributed by atoms with van der Waals surface area (Å²) in [5.41, 5.74) is 2.93. The zero-order valence-corrected chi connectivity index (χ0v) is 19.6. The summed E-state index contributed by atoms with van der Waals surface area (Å²) < 4.78 is 29.4. The third kappa shape index (κ3) is 5.22. The van der Waals surface area contributed by atoms with Crippen molar-refractivity contribution in [3.05, 3.63) is 94.3 Å². The topological polar surface area (TPSA) is 74.6 Å². The number of rotatable bonds is 6. The highest BCUT2D eigenvalue weighted by Crippen LogP contribution is 2.43. The van der Waals surface area contributed by atoms with E-state index >= 15 is 4.39 Å². The Morgan fingerprint density at radius 3 is 2.26 bits per heavy atom. The van der Waals surface area contributed by atoms with Crippen molar-refractivity contribution in [2.24, 2.45) is 5.92 Å². The molecule has 1 aliphatic rings. The quantitative estimate of drug-likeness (QED) is 0.442. The molecule has 0 bridgehead atoms. The van der Waals surface area contributed by atoms with Crippen molar-refractivity contribution < 1.29 is 8.78 Å². The molecular weight excluding hydrogens is 442 g/mol. The van der Waals surface area contributed by atoms with Crippen molar-refractivity contribution >= 4 is 0 Å². The van der Waals surface area contributed by atoms with E-state index in [0.717, 1.165) is 22.8 Å². The molecule has 0 unspecified atom stereocenters. The SMILES string of the molecule is CC(C)(F)[C@@H](c1cc(F)cc(C#N)c1)C1CN(Cc2ccc(C#N)cc2-c2cccc(C#N)c2)C1. The summed E-state index contributed by atoms with van der Waals surface area (Å²) in [6, 6.07) is 23.1. The van der Waals surface area contributed by atoms with Gasteiger partial charge in [0.15, 0.2) is 0 Å². The summed E-state index contributed by atoms with van der Waals surface area (Å²) in [4.78, 5) is 2.19. The lowest BCUT2D eigenvalue weighted by molar-refractivity contribution is 0.0213. The van der Waals surface area contributed by atoms with E-state index in [1.54, 1.807) is 24.3 Å². The van der Waals surface area contributed by atoms with Crippen LogP contribution in [0.25, 0.3) is 11.1 Å². The number of nitriles is 3. The Kier molecular flexibility index (Phi) is 6.65. The van der Waals surface area contributed by atoms with Crippen LogP contribution in [0.4, 0.5) is 8.78 Å². The van der Waals surface area contributed by atoms with Crippen LogP contribution >= 0.6 is 0 Å². The van der Waals surface area contributed by atoms with Crippen molar-refractivity contribution in [2.45, 2.75) is 32.0 Å². The number of nitrogens with zero attached hydrogens (tertiary/aromatic N) is 4. The van der Waals surface area contributed by atoms with Gasteiger partial charge < -0.3 is 0 Å². The Morgan fingerprint density at radius 2 is 1.60 bits per heavy atom. The molecule has 4 nitrogen and oxygen atoms in total. The van der Waals surface area contributed by atoms with Gasteiger partial charge in [0.25, 0.3) is 0 Å². The van der Waals surface area contributed by atoms with Gasteiger partial charge in [-0.25, -0.2) is 8.78 Å². The molecule has 0 radical (unpaired) electrons. The largest absolute Gasteiger partial charge is 0.298 e. The summed E-state index contributed by atoms with van der Waals surface area (Å²) >= 11 is 0. The molecule has 1 fully saturated rings. The Balaban J connectivity index is 1.57. The average molecular weight is 467 g/mol. The Bertz CT molecular complexity index is 1380. The number of hydrogen-bond acceptors (Lipinski definition) is 4. The van der Waals surface area contributed by atoms with Crippen molar-refractivity contribution in [2.75, 3.05) is 13.1 Å². The summed E-state index contributed by atoms with van der Waals surface area (Å²) in [5, 5.41) is 27.9. The van der Waals surface area contributed by atoms with Gasteiger partial charge in [-0.1, -0.05) is 18.2 Å². The second kappa shape index (κ2) is 9.67. The molecule has 1 saturated heterocycles. The summed E-state index contributed by atoms with van der Waals surface area (Å²) in [6.07, 6.45) is 0. The van der Waals surface area contributed by atoms with Gasteiger partial charge in [-0.05, 0) is 84.5 Å². The predicted molar refractivity (Wildman–Crippen MR) is 129 cm³/mol. The number of halogens is 2. The smallest absolute Gasteiger partial charge is 0.124 e. The number of likely N-dealkylation sites (tertiary alicyclic amines) is 1. The van der Waals surface area contributed by atoms with Crippen LogP contribution in [-0.2, 0) is 6.54 Å². The highest BCUT2D eigenvalue weighted by atomic mass is 19.1. The van der Waals surface area contributed by atoms with E-state index in [-0.39, 0.29) is 11.5 Å². The molecular formula is C29H24F2N4. The number of alkyl halides is 1. The zero-order valence-electron chi connectivity index (χ0n) is 19.6. The van der Waals surface area contributed by atoms with E-state index in [9.17, 15) is 20.2 Å². The van der Waals surface area contributed by atoms with Crippen LogP contribution in [0, 0.1) is 45.7 Å². The average Bonchev–Trinajstić information content (AvgIpc) is 2.81. The van der Waals surface area contributed by atoms with E-state index in [2.05, 4.69) is 17.0 Å². The van der Waals surface area contributed by atoms with Gasteiger partial charge >= 0.3 is 0 Å². The fourth-order valence-corrected chi connectivity index (χ4v) is 5.08. The minimum atomic E-state index is -1.59. The van der Waals surface area contributed by atoms with Gasteiger partial charge in [0.1, 0.15) is 11.5 Å². The van der Waals surface area contributed by atoms with Crippen LogP contribution in [0.2, 0.25) is 0 Å². The summed E-state index contributed by atoms with van der Waals surface area (Å²) in [7, 11) is 0. The van der Waals surface area contributed by atoms with Crippen molar-refractivity contribution in [1.82, 2.24) is 4.90 Å². The third-order valence-corrected chi connectivity index (χ3v) is 6.54. The van der Waals surface area contributed by atoms with E-state index in [1.807, 2.05) is 30.3 Å². The molecule has 3 aromatic carbocycles. The normalized spacial score (nSPS) is 14.9. The fraction of sp³-hybridized carbons (Fsp3) is 0.276. The van der Waals surface area contributed by atoms with Gasteiger partial charge in [-0.3, -0.25) is 4.90 Å². The van der Waals surface area contributed by atoms with Crippen LogP contribution in [0.3, 0.4) is 0 Å². The first-order chi connectivity index (χ1) is 16.7. The van der Waals surface area contributed by atoms with Gasteiger partial charge in [0.2, 0.25) is 0 Å². The van der Waals surface area contributed by atoms with Crippen LogP contribution in [0.15, 0.2) is 60.7 Å². The lowest BCUT2D eigenvalue weighted by Crippen LogP contribution is -2.52.